The molecule has 1 unspecified atom stereocenters. The second-order valence-electron chi connectivity index (χ2n) is 8.21. The Kier molecular flexibility index (Phi) is 6.30. The summed E-state index contributed by atoms with van der Waals surface area (Å²) in [4.78, 5) is 40.6. The van der Waals surface area contributed by atoms with Crippen LogP contribution < -0.4 is 10.6 Å². The number of nitrogens with zero attached hydrogens (tertiary/aromatic N) is 2. The molecule has 1 atom stereocenters. The van der Waals surface area contributed by atoms with Crippen LogP contribution in [-0.4, -0.2) is 65.4 Å². The van der Waals surface area contributed by atoms with Gasteiger partial charge in [-0.05, 0) is 53.4 Å². The Morgan fingerprint density at radius 3 is 2.00 bits per heavy atom. The SMILES string of the molecule is CC(NC(=O)C1CCN(C(=O)N2CCCC2)CC1)C(=O)NC(C)(C)C. The Hall–Kier alpha value is -1.79. The molecule has 7 nitrogen and oxygen atoms in total. The van der Waals surface area contributed by atoms with Gasteiger partial charge in [0.25, 0.3) is 0 Å². The maximum atomic E-state index is 12.4. The smallest absolute Gasteiger partial charge is 0.319 e. The van der Waals surface area contributed by atoms with Crippen LogP contribution in [0.1, 0.15) is 53.4 Å². The number of likely N-dealkylation sites (tertiary alicyclic amines) is 2. The first-order valence-corrected chi connectivity index (χ1v) is 9.33. The molecule has 0 radical (unpaired) electrons. The zero-order chi connectivity index (χ0) is 18.6. The van der Waals surface area contributed by atoms with E-state index in [0.717, 1.165) is 25.9 Å². The van der Waals surface area contributed by atoms with E-state index in [1.54, 1.807) is 6.92 Å². The van der Waals surface area contributed by atoms with Crippen molar-refractivity contribution in [2.24, 2.45) is 5.92 Å². The third kappa shape index (κ3) is 5.61. The molecule has 0 aliphatic carbocycles. The number of piperidine rings is 1. The summed E-state index contributed by atoms with van der Waals surface area (Å²) in [5, 5.41) is 5.67. The highest BCUT2D eigenvalue weighted by molar-refractivity contribution is 5.88. The van der Waals surface area contributed by atoms with Crippen LogP contribution in [0.3, 0.4) is 0 Å². The van der Waals surface area contributed by atoms with E-state index < -0.39 is 6.04 Å². The maximum absolute atomic E-state index is 12.4. The highest BCUT2D eigenvalue weighted by Gasteiger charge is 2.31. The fourth-order valence-corrected chi connectivity index (χ4v) is 3.32. The summed E-state index contributed by atoms with van der Waals surface area (Å²) in [6.45, 7) is 10.3. The van der Waals surface area contributed by atoms with Crippen LogP contribution in [0.2, 0.25) is 0 Å². The van der Waals surface area contributed by atoms with Gasteiger partial charge >= 0.3 is 6.03 Å². The third-order valence-electron chi connectivity index (χ3n) is 4.76. The molecule has 0 spiro atoms. The van der Waals surface area contributed by atoms with E-state index in [2.05, 4.69) is 10.6 Å². The van der Waals surface area contributed by atoms with E-state index in [4.69, 9.17) is 0 Å². The first-order valence-electron chi connectivity index (χ1n) is 9.33. The minimum absolute atomic E-state index is 0.0927. The molecule has 2 saturated heterocycles. The van der Waals surface area contributed by atoms with E-state index in [1.807, 2.05) is 30.6 Å². The molecule has 2 N–H and O–H groups in total. The van der Waals surface area contributed by atoms with Gasteiger partial charge in [-0.1, -0.05) is 0 Å². The number of amides is 4. The molecule has 7 heteroatoms. The minimum Gasteiger partial charge on any atom is -0.350 e. The molecule has 2 aliphatic heterocycles. The van der Waals surface area contributed by atoms with Gasteiger partial charge in [-0.2, -0.15) is 0 Å². The van der Waals surface area contributed by atoms with Gasteiger partial charge in [0.15, 0.2) is 0 Å². The summed E-state index contributed by atoms with van der Waals surface area (Å²) in [6, 6.07) is -0.453. The maximum Gasteiger partial charge on any atom is 0.319 e. The summed E-state index contributed by atoms with van der Waals surface area (Å²) in [7, 11) is 0. The molecule has 142 valence electrons. The van der Waals surface area contributed by atoms with Crippen molar-refractivity contribution in [1.29, 1.82) is 0 Å². The average molecular weight is 352 g/mol. The lowest BCUT2D eigenvalue weighted by atomic mass is 9.95. The minimum atomic E-state index is -0.559. The summed E-state index contributed by atoms with van der Waals surface area (Å²) in [6.07, 6.45) is 3.47. The molecule has 0 saturated carbocycles. The first-order chi connectivity index (χ1) is 11.7. The summed E-state index contributed by atoms with van der Waals surface area (Å²) in [5.41, 5.74) is -0.322. The van der Waals surface area contributed by atoms with Crippen LogP contribution in [0.4, 0.5) is 4.79 Å². The number of carbonyl (C=O) groups excluding carboxylic acids is 3. The van der Waals surface area contributed by atoms with Gasteiger partial charge in [0, 0.05) is 37.6 Å². The van der Waals surface area contributed by atoms with Crippen LogP contribution in [0.25, 0.3) is 0 Å². The van der Waals surface area contributed by atoms with Crippen LogP contribution >= 0.6 is 0 Å². The Morgan fingerprint density at radius 2 is 1.48 bits per heavy atom. The van der Waals surface area contributed by atoms with Gasteiger partial charge in [0.2, 0.25) is 11.8 Å². The lowest BCUT2D eigenvalue weighted by Crippen LogP contribution is -2.53. The molecule has 2 heterocycles. The molecule has 4 amide bonds. The second kappa shape index (κ2) is 8.06. The van der Waals surface area contributed by atoms with Crippen molar-refractivity contribution in [3.8, 4) is 0 Å². The molecule has 2 fully saturated rings. The van der Waals surface area contributed by atoms with Gasteiger partial charge in [0.05, 0.1) is 0 Å². The Balaban J connectivity index is 1.77. The molecule has 0 aromatic rings. The lowest BCUT2D eigenvalue weighted by molar-refractivity contribution is -0.132. The van der Waals surface area contributed by atoms with E-state index in [9.17, 15) is 14.4 Å². The van der Waals surface area contributed by atoms with Crippen molar-refractivity contribution in [3.05, 3.63) is 0 Å². The van der Waals surface area contributed by atoms with Gasteiger partial charge < -0.3 is 20.4 Å². The number of hydrogen-bond acceptors (Lipinski definition) is 3. The highest BCUT2D eigenvalue weighted by atomic mass is 16.2. The Morgan fingerprint density at radius 1 is 0.960 bits per heavy atom. The second-order valence-corrected chi connectivity index (χ2v) is 8.21. The molecular weight excluding hydrogens is 320 g/mol. The van der Waals surface area contributed by atoms with Crippen molar-refractivity contribution in [1.82, 2.24) is 20.4 Å². The van der Waals surface area contributed by atoms with Crippen molar-refractivity contribution >= 4 is 17.8 Å². The Labute approximate surface area is 150 Å². The van der Waals surface area contributed by atoms with Crippen LogP contribution in [-0.2, 0) is 9.59 Å². The van der Waals surface area contributed by atoms with Crippen LogP contribution in [0, 0.1) is 5.92 Å². The fraction of sp³-hybridized carbons (Fsp3) is 0.833. The zero-order valence-corrected chi connectivity index (χ0v) is 15.9. The normalized spacial score (nSPS) is 20.3. The average Bonchev–Trinajstić information content (AvgIpc) is 3.07. The molecule has 0 aromatic heterocycles. The number of rotatable bonds is 3. The number of urea groups is 1. The number of nitrogens with one attached hydrogen (secondary N) is 2. The van der Waals surface area contributed by atoms with E-state index >= 15 is 0 Å². The number of carbonyl (C=O) groups is 3. The highest BCUT2D eigenvalue weighted by Crippen LogP contribution is 2.20. The van der Waals surface area contributed by atoms with Crippen molar-refractivity contribution in [2.75, 3.05) is 26.2 Å². The first kappa shape index (κ1) is 19.5. The predicted molar refractivity (Wildman–Crippen MR) is 96.0 cm³/mol. The molecule has 0 aromatic carbocycles. The Bertz CT molecular complexity index is 501. The van der Waals surface area contributed by atoms with Gasteiger partial charge in [0.1, 0.15) is 6.04 Å². The molecule has 0 bridgehead atoms. The van der Waals surface area contributed by atoms with E-state index in [1.165, 1.54) is 0 Å². The predicted octanol–water partition coefficient (Wildman–Crippen LogP) is 1.33. The van der Waals surface area contributed by atoms with E-state index in [-0.39, 0.29) is 29.3 Å². The third-order valence-corrected chi connectivity index (χ3v) is 4.76. The molecule has 2 rings (SSSR count). The standard InChI is InChI=1S/C18H32N4O3/c1-13(15(23)20-18(2,3)4)19-16(24)14-7-11-22(12-8-14)17(25)21-9-5-6-10-21/h13-14H,5-12H2,1-4H3,(H,19,24)(H,20,23). The zero-order valence-electron chi connectivity index (χ0n) is 15.9. The monoisotopic (exact) mass is 352 g/mol. The quantitative estimate of drug-likeness (QED) is 0.804. The van der Waals surface area contributed by atoms with Crippen LogP contribution in [0.15, 0.2) is 0 Å². The fourth-order valence-electron chi connectivity index (χ4n) is 3.32. The summed E-state index contributed by atoms with van der Waals surface area (Å²) in [5.74, 6) is -0.403. The summed E-state index contributed by atoms with van der Waals surface area (Å²) >= 11 is 0. The van der Waals surface area contributed by atoms with Crippen molar-refractivity contribution in [2.45, 2.75) is 65.0 Å². The molecular formula is C18H32N4O3. The van der Waals surface area contributed by atoms with Crippen molar-refractivity contribution in [3.63, 3.8) is 0 Å². The van der Waals surface area contributed by atoms with Gasteiger partial charge in [-0.25, -0.2) is 4.79 Å². The van der Waals surface area contributed by atoms with Crippen molar-refractivity contribution < 1.29 is 14.4 Å². The van der Waals surface area contributed by atoms with E-state index in [0.29, 0.717) is 25.9 Å². The van der Waals surface area contributed by atoms with Gasteiger partial charge in [-0.3, -0.25) is 9.59 Å². The topological polar surface area (TPSA) is 81.8 Å². The lowest BCUT2D eigenvalue weighted by Gasteiger charge is -2.34. The number of hydrogen-bond donors (Lipinski definition) is 2. The largest absolute Gasteiger partial charge is 0.350 e. The summed E-state index contributed by atoms with van der Waals surface area (Å²) < 4.78 is 0. The molecule has 2 aliphatic rings. The molecule has 25 heavy (non-hydrogen) atoms. The van der Waals surface area contributed by atoms with Crippen LogP contribution in [0.5, 0.6) is 0 Å². The van der Waals surface area contributed by atoms with Gasteiger partial charge in [-0.15, -0.1) is 0 Å².